The van der Waals surface area contributed by atoms with E-state index >= 15 is 0 Å². The van der Waals surface area contributed by atoms with Gasteiger partial charge >= 0.3 is 5.97 Å². The van der Waals surface area contributed by atoms with Gasteiger partial charge in [-0.05, 0) is 38.9 Å². The summed E-state index contributed by atoms with van der Waals surface area (Å²) >= 11 is 0. The van der Waals surface area contributed by atoms with Crippen molar-refractivity contribution in [2.75, 3.05) is 26.2 Å². The minimum Gasteiger partial charge on any atom is -0.481 e. The molecule has 1 rings (SSSR count). The molecule has 0 radical (unpaired) electrons. The van der Waals surface area contributed by atoms with Crippen LogP contribution in [0.3, 0.4) is 0 Å². The van der Waals surface area contributed by atoms with Gasteiger partial charge in [-0.15, -0.1) is 0 Å². The number of amides is 1. The van der Waals surface area contributed by atoms with E-state index in [1.165, 1.54) is 25.9 Å². The summed E-state index contributed by atoms with van der Waals surface area (Å²) < 4.78 is 0. The van der Waals surface area contributed by atoms with E-state index < -0.39 is 17.8 Å². The van der Waals surface area contributed by atoms with Crippen molar-refractivity contribution in [3.05, 3.63) is 0 Å². The van der Waals surface area contributed by atoms with Crippen LogP contribution in [0, 0.1) is 11.8 Å². The topological polar surface area (TPSA) is 69.6 Å². The molecule has 0 saturated carbocycles. The molecule has 2 atom stereocenters. The fourth-order valence-corrected chi connectivity index (χ4v) is 2.12. The summed E-state index contributed by atoms with van der Waals surface area (Å²) in [7, 11) is 0. The monoisotopic (exact) mass is 256 g/mol. The van der Waals surface area contributed by atoms with Crippen LogP contribution in [0.15, 0.2) is 0 Å². The summed E-state index contributed by atoms with van der Waals surface area (Å²) in [4.78, 5) is 24.9. The molecule has 1 saturated heterocycles. The van der Waals surface area contributed by atoms with Crippen molar-refractivity contribution in [1.82, 2.24) is 10.2 Å². The van der Waals surface area contributed by atoms with Crippen molar-refractivity contribution in [3.63, 3.8) is 0 Å². The fourth-order valence-electron chi connectivity index (χ4n) is 2.12. The van der Waals surface area contributed by atoms with Crippen LogP contribution in [0.4, 0.5) is 0 Å². The molecule has 0 spiro atoms. The molecule has 1 amide bonds. The molecule has 18 heavy (non-hydrogen) atoms. The summed E-state index contributed by atoms with van der Waals surface area (Å²) in [6, 6.07) is 0. The summed E-state index contributed by atoms with van der Waals surface area (Å²) in [5.74, 6) is -2.20. The summed E-state index contributed by atoms with van der Waals surface area (Å²) in [6.45, 7) is 7.21. The third-order valence-electron chi connectivity index (χ3n) is 3.70. The van der Waals surface area contributed by atoms with Crippen molar-refractivity contribution < 1.29 is 14.7 Å². The first kappa shape index (κ1) is 15.0. The van der Waals surface area contributed by atoms with Crippen LogP contribution >= 0.6 is 0 Å². The van der Waals surface area contributed by atoms with E-state index in [9.17, 15) is 9.59 Å². The number of carbonyl (C=O) groups excluding carboxylic acids is 1. The third-order valence-corrected chi connectivity index (χ3v) is 3.70. The van der Waals surface area contributed by atoms with Crippen LogP contribution in [-0.2, 0) is 9.59 Å². The number of hydrogen-bond acceptors (Lipinski definition) is 3. The standard InChI is InChI=1S/C13H24N2O3/c1-10(11(2)13(17)18)12(16)14-6-5-9-15-7-3-4-8-15/h10-11H,3-9H2,1-2H3,(H,14,16)(H,17,18). The van der Waals surface area contributed by atoms with Gasteiger partial charge in [0, 0.05) is 12.5 Å². The van der Waals surface area contributed by atoms with Crippen molar-refractivity contribution in [2.45, 2.75) is 33.1 Å². The van der Waals surface area contributed by atoms with Gasteiger partial charge in [0.25, 0.3) is 0 Å². The minimum atomic E-state index is -0.922. The second-order valence-electron chi connectivity index (χ2n) is 5.11. The van der Waals surface area contributed by atoms with Crippen LogP contribution in [0.5, 0.6) is 0 Å². The van der Waals surface area contributed by atoms with E-state index in [0.717, 1.165) is 13.0 Å². The van der Waals surface area contributed by atoms with Crippen molar-refractivity contribution >= 4 is 11.9 Å². The molecule has 0 aromatic rings. The SMILES string of the molecule is CC(C(=O)O)C(C)C(=O)NCCCN1CCCC1. The van der Waals surface area contributed by atoms with Gasteiger partial charge in [0.15, 0.2) is 0 Å². The molecule has 1 aliphatic heterocycles. The number of carboxylic acid groups (broad SMARTS) is 1. The van der Waals surface area contributed by atoms with E-state index in [2.05, 4.69) is 10.2 Å². The number of nitrogens with zero attached hydrogens (tertiary/aromatic N) is 1. The Bertz CT molecular complexity index is 288. The van der Waals surface area contributed by atoms with E-state index in [-0.39, 0.29) is 5.91 Å². The van der Waals surface area contributed by atoms with Crippen LogP contribution in [0.2, 0.25) is 0 Å². The number of likely N-dealkylation sites (tertiary alicyclic amines) is 1. The number of aliphatic carboxylic acids is 1. The Morgan fingerprint density at radius 2 is 1.83 bits per heavy atom. The lowest BCUT2D eigenvalue weighted by Gasteiger charge is -2.17. The molecule has 0 aromatic carbocycles. The lowest BCUT2D eigenvalue weighted by atomic mass is 9.95. The molecule has 5 nitrogen and oxygen atoms in total. The Labute approximate surface area is 109 Å². The Morgan fingerprint density at radius 3 is 2.39 bits per heavy atom. The molecule has 5 heteroatoms. The molecule has 1 aliphatic rings. The number of carbonyl (C=O) groups is 2. The Morgan fingerprint density at radius 1 is 1.22 bits per heavy atom. The molecule has 0 aromatic heterocycles. The van der Waals surface area contributed by atoms with Crippen LogP contribution in [0.25, 0.3) is 0 Å². The average molecular weight is 256 g/mol. The van der Waals surface area contributed by atoms with E-state index in [4.69, 9.17) is 5.11 Å². The zero-order valence-corrected chi connectivity index (χ0v) is 11.3. The number of rotatable bonds is 7. The van der Waals surface area contributed by atoms with Gasteiger partial charge in [-0.2, -0.15) is 0 Å². The van der Waals surface area contributed by atoms with E-state index in [0.29, 0.717) is 6.54 Å². The van der Waals surface area contributed by atoms with Gasteiger partial charge in [0.05, 0.1) is 5.92 Å². The number of carboxylic acids is 1. The fraction of sp³-hybridized carbons (Fsp3) is 0.846. The maximum absolute atomic E-state index is 11.7. The highest BCUT2D eigenvalue weighted by Gasteiger charge is 2.25. The summed E-state index contributed by atoms with van der Waals surface area (Å²) in [6.07, 6.45) is 3.49. The third kappa shape index (κ3) is 4.64. The Hall–Kier alpha value is -1.10. The molecular formula is C13H24N2O3. The Balaban J connectivity index is 2.14. The maximum atomic E-state index is 11.7. The highest BCUT2D eigenvalue weighted by molar-refractivity contribution is 5.84. The van der Waals surface area contributed by atoms with Crippen LogP contribution in [0.1, 0.15) is 33.1 Å². The first-order valence-corrected chi connectivity index (χ1v) is 6.75. The van der Waals surface area contributed by atoms with E-state index in [1.807, 2.05) is 0 Å². The highest BCUT2D eigenvalue weighted by Crippen LogP contribution is 2.11. The first-order chi connectivity index (χ1) is 8.52. The first-order valence-electron chi connectivity index (χ1n) is 6.75. The van der Waals surface area contributed by atoms with Crippen LogP contribution < -0.4 is 5.32 Å². The molecular weight excluding hydrogens is 232 g/mol. The predicted molar refractivity (Wildman–Crippen MR) is 69.3 cm³/mol. The minimum absolute atomic E-state index is 0.161. The molecule has 1 fully saturated rings. The molecule has 2 unspecified atom stereocenters. The molecule has 104 valence electrons. The average Bonchev–Trinajstić information content (AvgIpc) is 2.85. The normalized spacial score (nSPS) is 19.4. The molecule has 2 N–H and O–H groups in total. The van der Waals surface area contributed by atoms with Gasteiger partial charge in [-0.3, -0.25) is 9.59 Å². The Kier molecular flexibility index (Phi) is 6.12. The predicted octanol–water partition coefficient (Wildman–Crippen LogP) is 0.945. The van der Waals surface area contributed by atoms with Gasteiger partial charge in [0.1, 0.15) is 0 Å². The quantitative estimate of drug-likeness (QED) is 0.665. The highest BCUT2D eigenvalue weighted by atomic mass is 16.4. The second kappa shape index (κ2) is 7.36. The van der Waals surface area contributed by atoms with Gasteiger partial charge in [0.2, 0.25) is 5.91 Å². The zero-order chi connectivity index (χ0) is 13.5. The molecule has 0 bridgehead atoms. The number of nitrogens with one attached hydrogen (secondary N) is 1. The van der Waals surface area contributed by atoms with Crippen LogP contribution in [-0.4, -0.2) is 48.1 Å². The molecule has 1 heterocycles. The lowest BCUT2D eigenvalue weighted by molar-refractivity contribution is -0.146. The second-order valence-corrected chi connectivity index (χ2v) is 5.11. The van der Waals surface area contributed by atoms with Crippen molar-refractivity contribution in [3.8, 4) is 0 Å². The largest absolute Gasteiger partial charge is 0.481 e. The number of hydrogen-bond donors (Lipinski definition) is 2. The maximum Gasteiger partial charge on any atom is 0.307 e. The van der Waals surface area contributed by atoms with Gasteiger partial charge in [-0.25, -0.2) is 0 Å². The van der Waals surface area contributed by atoms with Crippen molar-refractivity contribution in [1.29, 1.82) is 0 Å². The molecule has 0 aliphatic carbocycles. The lowest BCUT2D eigenvalue weighted by Crippen LogP contribution is -2.36. The zero-order valence-electron chi connectivity index (χ0n) is 11.3. The summed E-state index contributed by atoms with van der Waals surface area (Å²) in [5, 5.41) is 11.6. The smallest absolute Gasteiger partial charge is 0.307 e. The van der Waals surface area contributed by atoms with E-state index in [1.54, 1.807) is 13.8 Å². The summed E-state index contributed by atoms with van der Waals surface area (Å²) in [5.41, 5.74) is 0. The van der Waals surface area contributed by atoms with Gasteiger partial charge in [-0.1, -0.05) is 13.8 Å². The van der Waals surface area contributed by atoms with Gasteiger partial charge < -0.3 is 15.3 Å². The van der Waals surface area contributed by atoms with Crippen molar-refractivity contribution in [2.24, 2.45) is 11.8 Å².